The summed E-state index contributed by atoms with van der Waals surface area (Å²) in [4.78, 5) is 48.9. The van der Waals surface area contributed by atoms with Gasteiger partial charge in [0.05, 0.1) is 30.3 Å². The number of nitro groups is 1. The van der Waals surface area contributed by atoms with Crippen molar-refractivity contribution in [2.24, 2.45) is 0 Å². The van der Waals surface area contributed by atoms with Crippen molar-refractivity contribution in [2.45, 2.75) is 25.4 Å². The van der Waals surface area contributed by atoms with E-state index in [4.69, 9.17) is 9.47 Å². The minimum absolute atomic E-state index is 0.0760. The fraction of sp³-hybridized carbons (Fsp3) is 0.318. The highest BCUT2D eigenvalue weighted by Gasteiger charge is 2.33. The summed E-state index contributed by atoms with van der Waals surface area (Å²) in [5, 5.41) is 11.1. The van der Waals surface area contributed by atoms with Crippen molar-refractivity contribution in [3.05, 3.63) is 69.3 Å². The average Bonchev–Trinajstić information content (AvgIpc) is 3.65. The summed E-state index contributed by atoms with van der Waals surface area (Å²) >= 11 is 0. The quantitative estimate of drug-likeness (QED) is 0.330. The highest BCUT2D eigenvalue weighted by atomic mass is 16.6. The summed E-state index contributed by atoms with van der Waals surface area (Å²) in [6, 6.07) is 10.5. The zero-order chi connectivity index (χ0) is 23.3. The van der Waals surface area contributed by atoms with Crippen LogP contribution in [0.25, 0.3) is 0 Å². The summed E-state index contributed by atoms with van der Waals surface area (Å²) in [6.45, 7) is -0.171. The molecule has 0 atom stereocenters. The van der Waals surface area contributed by atoms with E-state index in [1.165, 1.54) is 0 Å². The lowest BCUT2D eigenvalue weighted by Gasteiger charge is -2.22. The number of non-ortho nitro benzene ring substituents is 1. The lowest BCUT2D eigenvalue weighted by molar-refractivity contribution is -0.384. The van der Waals surface area contributed by atoms with Crippen LogP contribution in [0.15, 0.2) is 42.5 Å². The van der Waals surface area contributed by atoms with Gasteiger partial charge < -0.3 is 19.1 Å². The second kappa shape index (κ2) is 9.90. The van der Waals surface area contributed by atoms with Gasteiger partial charge in [0.15, 0.2) is 6.61 Å². The molecule has 0 radical (unpaired) electrons. The first-order valence-corrected chi connectivity index (χ1v) is 9.79. The molecule has 0 bridgehead atoms. The van der Waals surface area contributed by atoms with Crippen LogP contribution in [0, 0.1) is 10.1 Å². The van der Waals surface area contributed by atoms with Gasteiger partial charge in [-0.3, -0.25) is 14.9 Å². The largest absolute Gasteiger partial charge is 0.497 e. The lowest BCUT2D eigenvalue weighted by atomic mass is 10.1. The Morgan fingerprint density at radius 3 is 2.19 bits per heavy atom. The molecule has 2 aromatic rings. The monoisotopic (exact) mass is 442 g/mol. The number of rotatable bonds is 9. The maximum absolute atomic E-state index is 12.7. The number of methoxy groups -OCH3 is 2. The number of hydrogen-bond acceptors (Lipinski definition) is 8. The van der Waals surface area contributed by atoms with Crippen molar-refractivity contribution >= 4 is 23.5 Å². The van der Waals surface area contributed by atoms with E-state index in [0.717, 1.165) is 43.7 Å². The van der Waals surface area contributed by atoms with Crippen LogP contribution in [0.5, 0.6) is 5.75 Å². The van der Waals surface area contributed by atoms with Gasteiger partial charge in [-0.25, -0.2) is 9.59 Å². The molecule has 3 rings (SSSR count). The fourth-order valence-corrected chi connectivity index (χ4v) is 3.10. The number of amides is 1. The summed E-state index contributed by atoms with van der Waals surface area (Å²) in [7, 11) is 2.69. The van der Waals surface area contributed by atoms with E-state index in [2.05, 4.69) is 4.74 Å². The van der Waals surface area contributed by atoms with E-state index in [-0.39, 0.29) is 23.1 Å². The Bertz CT molecular complexity index is 1030. The molecule has 1 amide bonds. The minimum atomic E-state index is -0.951. The summed E-state index contributed by atoms with van der Waals surface area (Å²) in [5.74, 6) is -1.46. The molecule has 10 heteroatoms. The SMILES string of the molecule is COC(=O)c1cc(C(=O)OCC(=O)N(Cc2ccc(OC)cc2)C2CC2)cc([N+](=O)[O-])c1. The van der Waals surface area contributed by atoms with E-state index in [1.807, 2.05) is 12.1 Å². The standard InChI is InChI=1S/C22H22N2O8/c1-30-19-7-3-14(4-8-19)12-23(17-5-6-17)20(25)13-32-22(27)16-9-15(21(26)31-2)10-18(11-16)24(28)29/h3-4,7-11,17H,5-6,12-13H2,1-2H3. The molecule has 0 saturated heterocycles. The fourth-order valence-electron chi connectivity index (χ4n) is 3.10. The van der Waals surface area contributed by atoms with Crippen LogP contribution in [0.4, 0.5) is 5.69 Å². The zero-order valence-electron chi connectivity index (χ0n) is 17.6. The molecule has 1 fully saturated rings. The van der Waals surface area contributed by atoms with Crippen LogP contribution in [-0.2, 0) is 20.8 Å². The molecule has 168 valence electrons. The Labute approximate surface area is 183 Å². The van der Waals surface area contributed by atoms with Gasteiger partial charge in [0.2, 0.25) is 0 Å². The lowest BCUT2D eigenvalue weighted by Crippen LogP contribution is -2.36. The Morgan fingerprint density at radius 2 is 1.66 bits per heavy atom. The third-order valence-electron chi connectivity index (χ3n) is 4.93. The van der Waals surface area contributed by atoms with Crippen molar-refractivity contribution in [1.29, 1.82) is 0 Å². The predicted octanol–water partition coefficient (Wildman–Crippen LogP) is 2.74. The van der Waals surface area contributed by atoms with Crippen molar-refractivity contribution in [3.8, 4) is 5.75 Å². The van der Waals surface area contributed by atoms with Crippen LogP contribution < -0.4 is 4.74 Å². The molecule has 0 N–H and O–H groups in total. The first-order valence-electron chi connectivity index (χ1n) is 9.79. The number of carbonyl (C=O) groups is 3. The molecule has 32 heavy (non-hydrogen) atoms. The van der Waals surface area contributed by atoms with Gasteiger partial charge in [-0.2, -0.15) is 0 Å². The number of benzene rings is 2. The van der Waals surface area contributed by atoms with E-state index in [0.29, 0.717) is 12.3 Å². The van der Waals surface area contributed by atoms with Gasteiger partial charge >= 0.3 is 11.9 Å². The zero-order valence-corrected chi connectivity index (χ0v) is 17.6. The third kappa shape index (κ3) is 5.60. The average molecular weight is 442 g/mol. The highest BCUT2D eigenvalue weighted by Crippen LogP contribution is 2.29. The number of carbonyl (C=O) groups excluding carboxylic acids is 3. The first-order chi connectivity index (χ1) is 15.3. The predicted molar refractivity (Wildman–Crippen MR) is 111 cm³/mol. The molecule has 1 aliphatic carbocycles. The number of ether oxygens (including phenoxy) is 3. The van der Waals surface area contributed by atoms with Gasteiger partial charge in [0, 0.05) is 24.7 Å². The molecular weight excluding hydrogens is 420 g/mol. The van der Waals surface area contributed by atoms with E-state index >= 15 is 0 Å². The van der Waals surface area contributed by atoms with Crippen molar-refractivity contribution < 1.29 is 33.5 Å². The second-order valence-electron chi connectivity index (χ2n) is 7.19. The molecule has 1 aliphatic rings. The van der Waals surface area contributed by atoms with Gasteiger partial charge in [0.1, 0.15) is 5.75 Å². The van der Waals surface area contributed by atoms with Crippen LogP contribution in [0.1, 0.15) is 39.1 Å². The number of esters is 2. The molecule has 1 saturated carbocycles. The van der Waals surface area contributed by atoms with Crippen LogP contribution in [0.3, 0.4) is 0 Å². The maximum Gasteiger partial charge on any atom is 0.338 e. The minimum Gasteiger partial charge on any atom is -0.497 e. The van der Waals surface area contributed by atoms with Gasteiger partial charge in [-0.15, -0.1) is 0 Å². The van der Waals surface area contributed by atoms with Crippen molar-refractivity contribution in [2.75, 3.05) is 20.8 Å². The van der Waals surface area contributed by atoms with E-state index in [9.17, 15) is 24.5 Å². The summed E-state index contributed by atoms with van der Waals surface area (Å²) in [6.07, 6.45) is 1.73. The summed E-state index contributed by atoms with van der Waals surface area (Å²) in [5.41, 5.74) is 0.0451. The Hall–Kier alpha value is -3.95. The second-order valence-corrected chi connectivity index (χ2v) is 7.19. The Balaban J connectivity index is 1.68. The van der Waals surface area contributed by atoms with E-state index < -0.39 is 29.2 Å². The van der Waals surface area contributed by atoms with Crippen LogP contribution in [-0.4, -0.2) is 54.5 Å². The Morgan fingerprint density at radius 1 is 1.03 bits per heavy atom. The number of nitro benzene ring substituents is 1. The van der Waals surface area contributed by atoms with Crippen LogP contribution >= 0.6 is 0 Å². The van der Waals surface area contributed by atoms with E-state index in [1.54, 1.807) is 24.1 Å². The maximum atomic E-state index is 12.7. The molecular formula is C22H22N2O8. The van der Waals surface area contributed by atoms with Crippen LogP contribution in [0.2, 0.25) is 0 Å². The molecule has 0 unspecified atom stereocenters. The molecule has 2 aromatic carbocycles. The van der Waals surface area contributed by atoms with Gasteiger partial charge in [-0.1, -0.05) is 12.1 Å². The molecule has 10 nitrogen and oxygen atoms in total. The number of nitrogens with zero attached hydrogens (tertiary/aromatic N) is 2. The molecule has 0 heterocycles. The topological polar surface area (TPSA) is 125 Å². The third-order valence-corrected chi connectivity index (χ3v) is 4.93. The Kier molecular flexibility index (Phi) is 7.04. The van der Waals surface area contributed by atoms with Crippen molar-refractivity contribution in [1.82, 2.24) is 4.90 Å². The highest BCUT2D eigenvalue weighted by molar-refractivity contribution is 5.97. The van der Waals surface area contributed by atoms with Gasteiger partial charge in [-0.05, 0) is 36.6 Å². The summed E-state index contributed by atoms with van der Waals surface area (Å²) < 4.78 is 14.8. The molecule has 0 spiro atoms. The smallest absolute Gasteiger partial charge is 0.338 e. The van der Waals surface area contributed by atoms with Gasteiger partial charge in [0.25, 0.3) is 11.6 Å². The number of hydrogen-bond donors (Lipinski definition) is 0. The van der Waals surface area contributed by atoms with Crippen molar-refractivity contribution in [3.63, 3.8) is 0 Å². The molecule has 0 aliphatic heterocycles. The molecule has 0 aromatic heterocycles. The normalized spacial score (nSPS) is 12.6. The first kappa shape index (κ1) is 22.7.